The summed E-state index contributed by atoms with van der Waals surface area (Å²) in [6.45, 7) is 16.3. The van der Waals surface area contributed by atoms with E-state index in [1.807, 2.05) is 32.2 Å². The number of thioether (sulfide) groups is 1. The minimum absolute atomic E-state index is 0.0601. The first-order valence-electron chi connectivity index (χ1n) is 12.7. The number of carboxylic acid groups (broad SMARTS) is 1. The van der Waals surface area contributed by atoms with Crippen molar-refractivity contribution in [2.24, 2.45) is 11.8 Å². The predicted molar refractivity (Wildman–Crippen MR) is 150 cm³/mol. The number of β-lactam (4-membered cyclic amide) rings is 1. The van der Waals surface area contributed by atoms with Gasteiger partial charge in [0, 0.05) is 22.7 Å². The van der Waals surface area contributed by atoms with Gasteiger partial charge in [-0.2, -0.15) is 0 Å². The predicted octanol–water partition coefficient (Wildman–Crippen LogP) is 5.05. The number of aromatic nitrogens is 1. The third kappa shape index (κ3) is 5.49. The zero-order valence-corrected chi connectivity index (χ0v) is 25.2. The van der Waals surface area contributed by atoms with Crippen LogP contribution in [0.15, 0.2) is 39.1 Å². The van der Waals surface area contributed by atoms with Crippen LogP contribution in [0.5, 0.6) is 0 Å². The van der Waals surface area contributed by atoms with Gasteiger partial charge in [0.2, 0.25) is 5.91 Å². The van der Waals surface area contributed by atoms with Gasteiger partial charge in [0.15, 0.2) is 12.7 Å². The largest absolute Gasteiger partial charge is 0.477 e. The van der Waals surface area contributed by atoms with Crippen molar-refractivity contribution in [2.45, 2.75) is 69.4 Å². The molecule has 3 aliphatic heterocycles. The smallest absolute Gasteiger partial charge is 0.410 e. The molecule has 0 spiro atoms. The molecule has 0 saturated carbocycles. The number of hydrogen-bond donors (Lipinski definition) is 1. The van der Waals surface area contributed by atoms with Gasteiger partial charge in [-0.25, -0.2) is 14.6 Å². The van der Waals surface area contributed by atoms with Gasteiger partial charge in [-0.05, 0) is 45.5 Å². The molecule has 38 heavy (non-hydrogen) atoms. The number of nitrogens with zero attached hydrogens (tertiary/aromatic N) is 3. The summed E-state index contributed by atoms with van der Waals surface area (Å²) in [6, 6.07) is -0.368. The van der Waals surface area contributed by atoms with E-state index in [2.05, 4.69) is 26.2 Å². The van der Waals surface area contributed by atoms with Gasteiger partial charge in [0.25, 0.3) is 0 Å². The summed E-state index contributed by atoms with van der Waals surface area (Å²) in [4.78, 5) is 46.2. The molecular formula is C26H35N3O6S2Si. The van der Waals surface area contributed by atoms with Gasteiger partial charge in [-0.3, -0.25) is 4.79 Å². The van der Waals surface area contributed by atoms with Crippen LogP contribution >= 0.6 is 23.1 Å². The van der Waals surface area contributed by atoms with Crippen LogP contribution in [0.25, 0.3) is 5.57 Å². The van der Waals surface area contributed by atoms with Gasteiger partial charge in [0.1, 0.15) is 12.3 Å². The Hall–Kier alpha value is -2.41. The van der Waals surface area contributed by atoms with E-state index in [9.17, 15) is 19.5 Å². The monoisotopic (exact) mass is 577 g/mol. The molecule has 1 N–H and O–H groups in total. The Morgan fingerprint density at radius 1 is 1.37 bits per heavy atom. The Labute approximate surface area is 232 Å². The lowest BCUT2D eigenvalue weighted by molar-refractivity contribution is -0.162. The van der Waals surface area contributed by atoms with Crippen LogP contribution in [-0.2, 0) is 18.8 Å². The topological polar surface area (TPSA) is 109 Å². The number of rotatable bonds is 9. The molecule has 2 amide bonds. The lowest BCUT2D eigenvalue weighted by Gasteiger charge is -2.48. The van der Waals surface area contributed by atoms with Gasteiger partial charge in [-0.15, -0.1) is 11.3 Å². The second kappa shape index (κ2) is 11.0. The average Bonchev–Trinajstić information content (AvgIpc) is 3.38. The van der Waals surface area contributed by atoms with Crippen LogP contribution in [0.2, 0.25) is 19.6 Å². The Morgan fingerprint density at radius 2 is 2.08 bits per heavy atom. The van der Waals surface area contributed by atoms with Crippen LogP contribution in [0.4, 0.5) is 4.79 Å². The van der Waals surface area contributed by atoms with E-state index >= 15 is 0 Å². The lowest BCUT2D eigenvalue weighted by atomic mass is 9.79. The quantitative estimate of drug-likeness (QED) is 0.247. The molecule has 0 unspecified atom stereocenters. The summed E-state index contributed by atoms with van der Waals surface area (Å²) in [5, 5.41) is 12.0. The van der Waals surface area contributed by atoms with E-state index in [-0.39, 0.29) is 54.3 Å². The molecule has 4 rings (SSSR count). The Balaban J connectivity index is 1.50. The fourth-order valence-electron chi connectivity index (χ4n) is 5.41. The number of amides is 2. The molecule has 206 valence electrons. The number of hydrogen-bond acceptors (Lipinski definition) is 8. The first-order chi connectivity index (χ1) is 17.8. The molecule has 12 heteroatoms. The summed E-state index contributed by atoms with van der Waals surface area (Å²) in [6.07, 6.45) is 3.56. The summed E-state index contributed by atoms with van der Waals surface area (Å²) in [5.41, 5.74) is 1.92. The number of aliphatic carboxylic acids is 1. The third-order valence-corrected chi connectivity index (χ3v) is 10.3. The zero-order valence-electron chi connectivity index (χ0n) is 22.6. The van der Waals surface area contributed by atoms with E-state index in [4.69, 9.17) is 14.1 Å². The average molecular weight is 578 g/mol. The number of carbonyl (C=O) groups excluding carboxylic acids is 2. The zero-order chi connectivity index (χ0) is 27.9. The van der Waals surface area contributed by atoms with Crippen LogP contribution in [-0.4, -0.2) is 77.5 Å². The Bertz CT molecular complexity index is 1210. The number of ether oxygens (including phenoxy) is 1. The molecule has 1 aromatic rings. The molecule has 1 aromatic heterocycles. The highest BCUT2D eigenvalue weighted by Gasteiger charge is 2.60. The fourth-order valence-corrected chi connectivity index (χ4v) is 8.79. The first kappa shape index (κ1) is 28.6. The first-order valence-corrected chi connectivity index (χ1v) is 17.8. The molecule has 4 heterocycles. The van der Waals surface area contributed by atoms with Crippen molar-refractivity contribution in [3.63, 3.8) is 0 Å². The maximum absolute atomic E-state index is 13.1. The van der Waals surface area contributed by atoms with Crippen molar-refractivity contribution in [1.82, 2.24) is 14.8 Å². The second-order valence-electron chi connectivity index (χ2n) is 10.8. The maximum atomic E-state index is 13.1. The summed E-state index contributed by atoms with van der Waals surface area (Å²) >= 11 is 2.78. The minimum Gasteiger partial charge on any atom is -0.477 e. The molecule has 0 aromatic carbocycles. The lowest BCUT2D eigenvalue weighted by Crippen LogP contribution is -2.64. The van der Waals surface area contributed by atoms with Gasteiger partial charge in [-0.1, -0.05) is 37.4 Å². The third-order valence-electron chi connectivity index (χ3n) is 6.96. The van der Waals surface area contributed by atoms with Crippen LogP contribution in [0.3, 0.4) is 0 Å². The molecule has 3 aliphatic rings. The highest BCUT2D eigenvalue weighted by atomic mass is 32.2. The van der Waals surface area contributed by atoms with Crippen molar-refractivity contribution in [3.05, 3.63) is 40.4 Å². The number of carboxylic acids is 1. The summed E-state index contributed by atoms with van der Waals surface area (Å²) in [5.74, 6) is -1.78. The van der Waals surface area contributed by atoms with Crippen molar-refractivity contribution < 1.29 is 28.7 Å². The Morgan fingerprint density at radius 3 is 2.68 bits per heavy atom. The molecular weight excluding hydrogens is 543 g/mol. The highest BCUT2D eigenvalue weighted by Crippen LogP contribution is 2.52. The van der Waals surface area contributed by atoms with Crippen molar-refractivity contribution in [1.29, 1.82) is 0 Å². The molecule has 1 saturated heterocycles. The highest BCUT2D eigenvalue weighted by molar-refractivity contribution is 8.04. The van der Waals surface area contributed by atoms with E-state index in [0.29, 0.717) is 17.9 Å². The second-order valence-corrected chi connectivity index (χ2v) is 17.4. The normalized spacial score (nSPS) is 26.1. The van der Waals surface area contributed by atoms with Crippen molar-refractivity contribution in [3.8, 4) is 0 Å². The standard InChI is InChI=1S/C26H35N3O6S2Si/c1-8-11-34-26(33)28-10-9-17(12-14(28)2)18-13-36-25(27-18)37-22-15(3)20-19(16(4)35-38(5,6)7)23(30)29(20)21(22)24(31)32/h8,12-16,19-20H,1,9-11H2,2-7H3,(H,31,32)/t14-,15-,16-,19-,20-/m1/s1. The Kier molecular flexibility index (Phi) is 8.27. The van der Waals surface area contributed by atoms with Crippen LogP contribution in [0, 0.1) is 11.8 Å². The van der Waals surface area contributed by atoms with Gasteiger partial charge >= 0.3 is 12.1 Å². The fraction of sp³-hybridized carbons (Fsp3) is 0.538. The van der Waals surface area contributed by atoms with E-state index in [0.717, 1.165) is 15.6 Å². The van der Waals surface area contributed by atoms with Crippen LogP contribution < -0.4 is 0 Å². The van der Waals surface area contributed by atoms with E-state index in [1.165, 1.54) is 28.0 Å². The SMILES string of the molecule is C=CCOC(=O)N1CCC(c2csc(SC3=C(C(=O)O)N4C(=O)[C@H]([C@@H](C)O[Si](C)(C)C)[C@H]4[C@H]3C)n2)=C[C@H]1C. The van der Waals surface area contributed by atoms with Crippen molar-refractivity contribution >= 4 is 55.0 Å². The summed E-state index contributed by atoms with van der Waals surface area (Å²) < 4.78 is 12.1. The van der Waals surface area contributed by atoms with Crippen LogP contribution in [0.1, 0.15) is 32.9 Å². The van der Waals surface area contributed by atoms with E-state index in [1.54, 1.807) is 11.0 Å². The summed E-state index contributed by atoms with van der Waals surface area (Å²) in [7, 11) is -1.87. The van der Waals surface area contributed by atoms with Gasteiger partial charge < -0.3 is 24.1 Å². The minimum atomic E-state index is -1.87. The van der Waals surface area contributed by atoms with Gasteiger partial charge in [0.05, 0.1) is 29.8 Å². The van der Waals surface area contributed by atoms with Crippen molar-refractivity contribution in [2.75, 3.05) is 13.2 Å². The van der Waals surface area contributed by atoms with E-state index < -0.39 is 14.3 Å². The molecule has 5 atom stereocenters. The number of fused-ring (bicyclic) bond motifs is 1. The molecule has 0 aliphatic carbocycles. The maximum Gasteiger partial charge on any atom is 0.410 e. The molecule has 0 bridgehead atoms. The molecule has 1 fully saturated rings. The molecule has 0 radical (unpaired) electrons. The number of thiazole rings is 1. The number of carbonyl (C=O) groups is 3. The molecule has 9 nitrogen and oxygen atoms in total.